The molecule has 5 unspecified atom stereocenters. The zero-order valence-electron chi connectivity index (χ0n) is 12.0. The van der Waals surface area contributed by atoms with Gasteiger partial charge in [-0.25, -0.2) is 0 Å². The molecule has 3 aliphatic carbocycles. The van der Waals surface area contributed by atoms with E-state index in [4.69, 9.17) is 4.74 Å². The van der Waals surface area contributed by atoms with E-state index in [1.807, 2.05) is 0 Å². The van der Waals surface area contributed by atoms with E-state index in [0.29, 0.717) is 6.04 Å². The predicted molar refractivity (Wildman–Crippen MR) is 74.5 cm³/mol. The van der Waals surface area contributed by atoms with Crippen molar-refractivity contribution in [3.8, 4) is 0 Å². The first-order chi connectivity index (χ1) is 8.86. The molecular formula is C16H29NO. The summed E-state index contributed by atoms with van der Waals surface area (Å²) in [7, 11) is 0. The van der Waals surface area contributed by atoms with Gasteiger partial charge < -0.3 is 10.1 Å². The Kier molecular flexibility index (Phi) is 3.95. The van der Waals surface area contributed by atoms with E-state index in [1.165, 1.54) is 19.3 Å². The van der Waals surface area contributed by atoms with Crippen molar-refractivity contribution in [1.82, 2.24) is 5.32 Å². The minimum Gasteiger partial charge on any atom is -0.380 e. The Morgan fingerprint density at radius 2 is 1.83 bits per heavy atom. The highest BCUT2D eigenvalue weighted by Crippen LogP contribution is 2.70. The Balaban J connectivity index is 1.53. The molecule has 3 aliphatic rings. The van der Waals surface area contributed by atoms with Crippen LogP contribution in [0.15, 0.2) is 0 Å². The molecule has 104 valence electrons. The van der Waals surface area contributed by atoms with Crippen LogP contribution in [0, 0.1) is 29.6 Å². The first-order valence-corrected chi connectivity index (χ1v) is 8.18. The quantitative estimate of drug-likeness (QED) is 0.669. The van der Waals surface area contributed by atoms with Crippen LogP contribution in [0.1, 0.15) is 46.0 Å². The molecule has 3 fully saturated rings. The molecule has 0 saturated heterocycles. The molecule has 0 aromatic rings. The summed E-state index contributed by atoms with van der Waals surface area (Å²) in [6.45, 7) is 7.49. The summed E-state index contributed by atoms with van der Waals surface area (Å²) in [4.78, 5) is 0. The van der Waals surface area contributed by atoms with Crippen molar-refractivity contribution in [2.45, 2.75) is 52.0 Å². The maximum Gasteiger partial charge on any atom is 0.0622 e. The lowest BCUT2D eigenvalue weighted by Gasteiger charge is -2.22. The molecular weight excluding hydrogens is 222 g/mol. The smallest absolute Gasteiger partial charge is 0.0622 e. The Hall–Kier alpha value is -0.0800. The lowest BCUT2D eigenvalue weighted by atomic mass is 9.97. The molecule has 0 aliphatic heterocycles. The van der Waals surface area contributed by atoms with Crippen molar-refractivity contribution in [2.24, 2.45) is 29.6 Å². The molecule has 0 aromatic heterocycles. The van der Waals surface area contributed by atoms with Crippen LogP contribution in [-0.2, 0) is 4.74 Å². The molecule has 0 heterocycles. The van der Waals surface area contributed by atoms with Crippen molar-refractivity contribution in [3.05, 3.63) is 0 Å². The van der Waals surface area contributed by atoms with Gasteiger partial charge >= 0.3 is 0 Å². The maximum atomic E-state index is 5.84. The summed E-state index contributed by atoms with van der Waals surface area (Å²) in [6.07, 6.45) is 6.99. The van der Waals surface area contributed by atoms with Gasteiger partial charge in [-0.3, -0.25) is 0 Å². The molecule has 0 amide bonds. The molecule has 0 aromatic carbocycles. The van der Waals surface area contributed by atoms with E-state index < -0.39 is 0 Å². The third-order valence-electron chi connectivity index (χ3n) is 5.56. The topological polar surface area (TPSA) is 21.3 Å². The number of ether oxygens (including phenoxy) is 1. The SMILES string of the molecule is CCCNC(COCCC)C1C2C3CCC(C3)C21. The van der Waals surface area contributed by atoms with Crippen LogP contribution in [0.5, 0.6) is 0 Å². The van der Waals surface area contributed by atoms with Crippen molar-refractivity contribution in [2.75, 3.05) is 19.8 Å². The van der Waals surface area contributed by atoms with E-state index >= 15 is 0 Å². The average molecular weight is 251 g/mol. The Morgan fingerprint density at radius 1 is 1.11 bits per heavy atom. The van der Waals surface area contributed by atoms with Crippen molar-refractivity contribution >= 4 is 0 Å². The second-order valence-corrected chi connectivity index (χ2v) is 6.70. The molecule has 2 heteroatoms. The largest absolute Gasteiger partial charge is 0.380 e. The highest BCUT2D eigenvalue weighted by molar-refractivity contribution is 5.15. The molecule has 2 nitrogen and oxygen atoms in total. The van der Waals surface area contributed by atoms with Crippen molar-refractivity contribution in [3.63, 3.8) is 0 Å². The van der Waals surface area contributed by atoms with Crippen molar-refractivity contribution in [1.29, 1.82) is 0 Å². The van der Waals surface area contributed by atoms with E-state index in [0.717, 1.165) is 55.8 Å². The van der Waals surface area contributed by atoms with Gasteiger partial charge in [-0.15, -0.1) is 0 Å². The fourth-order valence-electron chi connectivity index (χ4n) is 4.92. The standard InChI is InChI=1S/C16H29NO/c1-3-7-17-13(10-18-8-4-2)16-14-11-5-6-12(9-11)15(14)16/h11-17H,3-10H2,1-2H3. The van der Waals surface area contributed by atoms with Crippen LogP contribution in [0.4, 0.5) is 0 Å². The fourth-order valence-corrected chi connectivity index (χ4v) is 4.92. The van der Waals surface area contributed by atoms with Crippen molar-refractivity contribution < 1.29 is 4.74 Å². The molecule has 0 radical (unpaired) electrons. The lowest BCUT2D eigenvalue weighted by molar-refractivity contribution is 0.0997. The van der Waals surface area contributed by atoms with E-state index in [2.05, 4.69) is 19.2 Å². The third kappa shape index (κ3) is 2.22. The Labute approximate surface area is 112 Å². The molecule has 5 atom stereocenters. The molecule has 3 saturated carbocycles. The molecule has 18 heavy (non-hydrogen) atoms. The summed E-state index contributed by atoms with van der Waals surface area (Å²) in [6, 6.07) is 0.648. The zero-order chi connectivity index (χ0) is 12.5. The predicted octanol–water partition coefficient (Wildman–Crippen LogP) is 3.07. The van der Waals surface area contributed by atoms with Crippen LogP contribution in [-0.4, -0.2) is 25.8 Å². The number of fused-ring (bicyclic) bond motifs is 5. The normalized spacial score (nSPS) is 42.0. The van der Waals surface area contributed by atoms with Gasteiger partial charge in [0.2, 0.25) is 0 Å². The van der Waals surface area contributed by atoms with Crippen LogP contribution in [0.3, 0.4) is 0 Å². The van der Waals surface area contributed by atoms with Gasteiger partial charge in [0.1, 0.15) is 0 Å². The molecule has 2 bridgehead atoms. The first-order valence-electron chi connectivity index (χ1n) is 8.18. The monoisotopic (exact) mass is 251 g/mol. The van der Waals surface area contributed by atoms with Crippen LogP contribution in [0.2, 0.25) is 0 Å². The van der Waals surface area contributed by atoms with E-state index in [9.17, 15) is 0 Å². The Bertz CT molecular complexity index is 264. The summed E-state index contributed by atoms with van der Waals surface area (Å²) in [5.41, 5.74) is 0. The van der Waals surface area contributed by atoms with Crippen LogP contribution < -0.4 is 5.32 Å². The van der Waals surface area contributed by atoms with Gasteiger partial charge in [0, 0.05) is 12.6 Å². The molecule has 0 spiro atoms. The third-order valence-corrected chi connectivity index (χ3v) is 5.56. The summed E-state index contributed by atoms with van der Waals surface area (Å²) in [5, 5.41) is 3.76. The maximum absolute atomic E-state index is 5.84. The number of hydrogen-bond acceptors (Lipinski definition) is 2. The second-order valence-electron chi connectivity index (χ2n) is 6.70. The molecule has 1 N–H and O–H groups in total. The van der Waals surface area contributed by atoms with Gasteiger partial charge in [0.25, 0.3) is 0 Å². The second kappa shape index (κ2) is 5.50. The summed E-state index contributed by atoms with van der Waals surface area (Å²) < 4.78 is 5.84. The highest BCUT2D eigenvalue weighted by Gasteiger charge is 2.66. The van der Waals surface area contributed by atoms with Gasteiger partial charge in [0.05, 0.1) is 6.61 Å². The van der Waals surface area contributed by atoms with E-state index in [1.54, 1.807) is 6.42 Å². The van der Waals surface area contributed by atoms with Gasteiger partial charge in [-0.05, 0) is 68.2 Å². The van der Waals surface area contributed by atoms with Crippen LogP contribution >= 0.6 is 0 Å². The zero-order valence-corrected chi connectivity index (χ0v) is 12.0. The minimum absolute atomic E-state index is 0.648. The van der Waals surface area contributed by atoms with Crippen LogP contribution in [0.25, 0.3) is 0 Å². The molecule has 3 rings (SSSR count). The number of hydrogen-bond donors (Lipinski definition) is 1. The highest BCUT2D eigenvalue weighted by atomic mass is 16.5. The van der Waals surface area contributed by atoms with Gasteiger partial charge in [-0.1, -0.05) is 13.8 Å². The Morgan fingerprint density at radius 3 is 2.44 bits per heavy atom. The fraction of sp³-hybridized carbons (Fsp3) is 1.00. The average Bonchev–Trinajstić information content (AvgIpc) is 2.81. The summed E-state index contributed by atoms with van der Waals surface area (Å²) in [5.74, 6) is 5.27. The van der Waals surface area contributed by atoms with E-state index in [-0.39, 0.29) is 0 Å². The lowest BCUT2D eigenvalue weighted by Crippen LogP contribution is -2.38. The summed E-state index contributed by atoms with van der Waals surface area (Å²) >= 11 is 0. The minimum atomic E-state index is 0.648. The van der Waals surface area contributed by atoms with Gasteiger partial charge in [0.15, 0.2) is 0 Å². The number of rotatable bonds is 8. The van der Waals surface area contributed by atoms with Gasteiger partial charge in [-0.2, -0.15) is 0 Å². The number of nitrogens with one attached hydrogen (secondary N) is 1. The first kappa shape index (κ1) is 12.9.